The van der Waals surface area contributed by atoms with Crippen LogP contribution in [-0.4, -0.2) is 13.0 Å². The molecule has 3 aromatic rings. The number of carbonyl (C=O) groups is 1. The Balaban J connectivity index is 1.84. The van der Waals surface area contributed by atoms with Crippen LogP contribution >= 0.6 is 11.6 Å². The van der Waals surface area contributed by atoms with Crippen molar-refractivity contribution in [1.29, 1.82) is 0 Å². The first kappa shape index (κ1) is 14.4. The number of halogens is 1. The van der Waals surface area contributed by atoms with Crippen LogP contribution in [-0.2, 0) is 0 Å². The molecule has 110 valence electrons. The van der Waals surface area contributed by atoms with E-state index in [1.165, 1.54) is 0 Å². The third kappa shape index (κ3) is 2.90. The summed E-state index contributed by atoms with van der Waals surface area (Å²) in [5.74, 6) is 0.754. The van der Waals surface area contributed by atoms with Crippen molar-refractivity contribution in [3.8, 4) is 11.3 Å². The Bertz CT molecular complexity index is 778. The Labute approximate surface area is 133 Å². The van der Waals surface area contributed by atoms with Gasteiger partial charge in [0.15, 0.2) is 5.76 Å². The summed E-state index contributed by atoms with van der Waals surface area (Å²) >= 11 is 5.87. The molecule has 0 unspecified atom stereocenters. The fourth-order valence-corrected chi connectivity index (χ4v) is 2.28. The van der Waals surface area contributed by atoms with E-state index in [-0.39, 0.29) is 5.91 Å². The Morgan fingerprint density at radius 1 is 0.955 bits per heavy atom. The minimum Gasteiger partial charge on any atom is -0.451 e. The molecule has 0 atom stereocenters. The van der Waals surface area contributed by atoms with Crippen molar-refractivity contribution in [1.82, 2.24) is 0 Å². The fraction of sp³-hybridized carbons (Fsp3) is 0.0556. The molecule has 0 fully saturated rings. The molecule has 22 heavy (non-hydrogen) atoms. The molecule has 0 saturated heterocycles. The molecule has 0 aliphatic heterocycles. The van der Waals surface area contributed by atoms with Gasteiger partial charge < -0.3 is 9.32 Å². The lowest BCUT2D eigenvalue weighted by atomic mass is 10.2. The molecule has 0 saturated carbocycles. The van der Waals surface area contributed by atoms with Gasteiger partial charge in [-0.15, -0.1) is 0 Å². The maximum Gasteiger partial charge on any atom is 0.293 e. The molecular weight excluding hydrogens is 298 g/mol. The number of hydrogen-bond donors (Lipinski definition) is 0. The van der Waals surface area contributed by atoms with Crippen LogP contribution in [0.15, 0.2) is 71.1 Å². The molecule has 4 heteroatoms. The first-order chi connectivity index (χ1) is 10.6. The highest BCUT2D eigenvalue weighted by Gasteiger charge is 2.17. The van der Waals surface area contributed by atoms with E-state index in [0.29, 0.717) is 16.5 Å². The number of nitrogens with zero attached hydrogens (tertiary/aromatic N) is 1. The van der Waals surface area contributed by atoms with E-state index in [1.807, 2.05) is 42.5 Å². The molecule has 1 amide bonds. The number of furan rings is 1. The first-order valence-corrected chi connectivity index (χ1v) is 7.22. The number of carbonyl (C=O) groups excluding carboxylic acids is 1. The number of hydrogen-bond acceptors (Lipinski definition) is 2. The average molecular weight is 312 g/mol. The summed E-state index contributed by atoms with van der Waals surface area (Å²) < 4.78 is 5.68. The number of anilines is 1. The van der Waals surface area contributed by atoms with Crippen molar-refractivity contribution in [2.75, 3.05) is 11.9 Å². The van der Waals surface area contributed by atoms with Gasteiger partial charge in [0.2, 0.25) is 0 Å². The minimum atomic E-state index is -0.189. The van der Waals surface area contributed by atoms with Gasteiger partial charge in [0.1, 0.15) is 5.76 Å². The van der Waals surface area contributed by atoms with Crippen LogP contribution in [0, 0.1) is 0 Å². The van der Waals surface area contributed by atoms with Gasteiger partial charge in [-0.25, -0.2) is 0 Å². The highest BCUT2D eigenvalue weighted by molar-refractivity contribution is 6.30. The number of benzene rings is 2. The summed E-state index contributed by atoms with van der Waals surface area (Å²) in [5.41, 5.74) is 1.70. The van der Waals surface area contributed by atoms with E-state index < -0.39 is 0 Å². The largest absolute Gasteiger partial charge is 0.451 e. The zero-order chi connectivity index (χ0) is 15.5. The van der Waals surface area contributed by atoms with Gasteiger partial charge in [-0.05, 0) is 48.5 Å². The lowest BCUT2D eigenvalue weighted by Crippen LogP contribution is -2.25. The maximum absolute atomic E-state index is 12.5. The van der Waals surface area contributed by atoms with Crippen molar-refractivity contribution in [3.63, 3.8) is 0 Å². The lowest BCUT2D eigenvalue weighted by molar-refractivity contribution is 0.0967. The molecule has 1 aromatic heterocycles. The quantitative estimate of drug-likeness (QED) is 0.691. The first-order valence-electron chi connectivity index (χ1n) is 6.84. The van der Waals surface area contributed by atoms with Crippen molar-refractivity contribution >= 4 is 23.2 Å². The van der Waals surface area contributed by atoms with E-state index in [2.05, 4.69) is 0 Å². The number of amides is 1. The zero-order valence-electron chi connectivity index (χ0n) is 12.0. The molecule has 0 N–H and O–H groups in total. The van der Waals surface area contributed by atoms with Crippen LogP contribution in [0.5, 0.6) is 0 Å². The van der Waals surface area contributed by atoms with Crippen LogP contribution in [0.3, 0.4) is 0 Å². The molecule has 0 spiro atoms. The molecule has 0 aliphatic carbocycles. The fourth-order valence-electron chi connectivity index (χ4n) is 2.16. The SMILES string of the molecule is CN(C(=O)c1ccc(-c2ccc(Cl)cc2)o1)c1ccccc1. The van der Waals surface area contributed by atoms with E-state index in [9.17, 15) is 4.79 Å². The smallest absolute Gasteiger partial charge is 0.293 e. The molecule has 3 nitrogen and oxygen atoms in total. The Kier molecular flexibility index (Phi) is 3.98. The molecule has 0 aliphatic rings. The minimum absolute atomic E-state index is 0.189. The zero-order valence-corrected chi connectivity index (χ0v) is 12.7. The molecule has 3 rings (SSSR count). The van der Waals surface area contributed by atoms with Gasteiger partial charge >= 0.3 is 0 Å². The summed E-state index contributed by atoms with van der Waals surface area (Å²) in [4.78, 5) is 14.0. The second-order valence-corrected chi connectivity index (χ2v) is 5.31. The standard InChI is InChI=1S/C18H14ClNO2/c1-20(15-5-3-2-4-6-15)18(21)17-12-11-16(22-17)13-7-9-14(19)10-8-13/h2-12H,1H3. The van der Waals surface area contributed by atoms with Crippen LogP contribution in [0.2, 0.25) is 5.02 Å². The van der Waals surface area contributed by atoms with Gasteiger partial charge in [0.05, 0.1) is 0 Å². The molecule has 0 radical (unpaired) electrons. The topological polar surface area (TPSA) is 33.5 Å². The van der Waals surface area contributed by atoms with Crippen molar-refractivity contribution in [2.45, 2.75) is 0 Å². The molecule has 0 bridgehead atoms. The van der Waals surface area contributed by atoms with Crippen LogP contribution < -0.4 is 4.90 Å². The van der Waals surface area contributed by atoms with E-state index in [1.54, 1.807) is 36.2 Å². The van der Waals surface area contributed by atoms with Gasteiger partial charge in [-0.1, -0.05) is 29.8 Å². The molecule has 1 heterocycles. The predicted octanol–water partition coefficient (Wildman–Crippen LogP) is 4.88. The van der Waals surface area contributed by atoms with E-state index in [4.69, 9.17) is 16.0 Å². The monoisotopic (exact) mass is 311 g/mol. The summed E-state index contributed by atoms with van der Waals surface area (Å²) in [6.45, 7) is 0. The Hall–Kier alpha value is -2.52. The van der Waals surface area contributed by atoms with Crippen LogP contribution in [0.1, 0.15) is 10.6 Å². The van der Waals surface area contributed by atoms with Crippen LogP contribution in [0.4, 0.5) is 5.69 Å². The average Bonchev–Trinajstić information content (AvgIpc) is 3.05. The number of rotatable bonds is 3. The second-order valence-electron chi connectivity index (χ2n) is 4.87. The highest BCUT2D eigenvalue weighted by atomic mass is 35.5. The second kappa shape index (κ2) is 6.08. The molecular formula is C18H14ClNO2. The van der Waals surface area contributed by atoms with Crippen LogP contribution in [0.25, 0.3) is 11.3 Å². The summed E-state index contributed by atoms with van der Waals surface area (Å²) in [7, 11) is 1.72. The lowest BCUT2D eigenvalue weighted by Gasteiger charge is -2.15. The third-order valence-corrected chi connectivity index (χ3v) is 3.65. The molecule has 2 aromatic carbocycles. The normalized spacial score (nSPS) is 10.5. The van der Waals surface area contributed by atoms with Gasteiger partial charge in [0.25, 0.3) is 5.91 Å². The highest BCUT2D eigenvalue weighted by Crippen LogP contribution is 2.25. The maximum atomic E-state index is 12.5. The van der Waals surface area contributed by atoms with Gasteiger partial charge in [-0.3, -0.25) is 4.79 Å². The summed E-state index contributed by atoms with van der Waals surface area (Å²) in [6, 6.07) is 20.2. The van der Waals surface area contributed by atoms with E-state index in [0.717, 1.165) is 11.3 Å². The Morgan fingerprint density at radius 2 is 1.64 bits per heavy atom. The van der Waals surface area contributed by atoms with Crippen molar-refractivity contribution in [3.05, 3.63) is 77.5 Å². The Morgan fingerprint density at radius 3 is 2.32 bits per heavy atom. The van der Waals surface area contributed by atoms with Gasteiger partial charge in [0, 0.05) is 23.3 Å². The van der Waals surface area contributed by atoms with Crippen molar-refractivity contribution in [2.24, 2.45) is 0 Å². The van der Waals surface area contributed by atoms with Crippen molar-refractivity contribution < 1.29 is 9.21 Å². The predicted molar refractivity (Wildman–Crippen MR) is 88.3 cm³/mol. The summed E-state index contributed by atoms with van der Waals surface area (Å²) in [5, 5.41) is 0.662. The van der Waals surface area contributed by atoms with Gasteiger partial charge in [-0.2, -0.15) is 0 Å². The summed E-state index contributed by atoms with van der Waals surface area (Å²) in [6.07, 6.45) is 0. The third-order valence-electron chi connectivity index (χ3n) is 3.39. The van der Waals surface area contributed by atoms with E-state index >= 15 is 0 Å². The number of para-hydroxylation sites is 1.